The Morgan fingerprint density at radius 3 is 2.67 bits per heavy atom. The molecule has 0 radical (unpaired) electrons. The van der Waals surface area contributed by atoms with Crippen LogP contribution in [0.1, 0.15) is 21.6 Å². The standard InChI is InChI=1S/C16H15N5O3/c1-9-7-17-21(8-9)12-5-3-4-11(6-12)14(22)19-13-10(2)18-16(24)20-15(13)23/h3-8H,1-2H3,(H,19,22)(H2,18,20,23,24). The van der Waals surface area contributed by atoms with Crippen LogP contribution in [0.15, 0.2) is 46.2 Å². The van der Waals surface area contributed by atoms with Crippen molar-refractivity contribution in [2.24, 2.45) is 0 Å². The molecule has 0 unspecified atom stereocenters. The number of carbonyl (C=O) groups is 1. The summed E-state index contributed by atoms with van der Waals surface area (Å²) in [6.07, 6.45) is 3.56. The summed E-state index contributed by atoms with van der Waals surface area (Å²) < 4.78 is 1.66. The van der Waals surface area contributed by atoms with Gasteiger partial charge in [0.2, 0.25) is 0 Å². The van der Waals surface area contributed by atoms with Gasteiger partial charge in [-0.1, -0.05) is 6.07 Å². The first-order valence-electron chi connectivity index (χ1n) is 7.20. The second-order valence-corrected chi connectivity index (χ2v) is 5.37. The topological polar surface area (TPSA) is 113 Å². The van der Waals surface area contributed by atoms with Crippen molar-refractivity contribution < 1.29 is 4.79 Å². The Kier molecular flexibility index (Phi) is 3.87. The third-order valence-corrected chi connectivity index (χ3v) is 3.45. The minimum absolute atomic E-state index is 0.0138. The van der Waals surface area contributed by atoms with Crippen LogP contribution < -0.4 is 16.6 Å². The molecule has 0 bridgehead atoms. The zero-order valence-corrected chi connectivity index (χ0v) is 13.1. The maximum Gasteiger partial charge on any atom is 0.326 e. The van der Waals surface area contributed by atoms with Gasteiger partial charge in [-0.15, -0.1) is 0 Å². The van der Waals surface area contributed by atoms with Crippen molar-refractivity contribution in [1.82, 2.24) is 19.7 Å². The molecule has 8 heteroatoms. The second-order valence-electron chi connectivity index (χ2n) is 5.37. The largest absolute Gasteiger partial charge is 0.326 e. The normalized spacial score (nSPS) is 10.6. The predicted octanol–water partition coefficient (Wildman–Crippen LogP) is 1.12. The zero-order chi connectivity index (χ0) is 17.3. The number of carbonyl (C=O) groups excluding carboxylic acids is 1. The first-order chi connectivity index (χ1) is 11.4. The molecule has 0 aliphatic rings. The highest BCUT2D eigenvalue weighted by atomic mass is 16.2. The number of amides is 1. The molecule has 1 amide bonds. The molecule has 0 fully saturated rings. The van der Waals surface area contributed by atoms with Gasteiger partial charge in [-0.3, -0.25) is 14.6 Å². The summed E-state index contributed by atoms with van der Waals surface area (Å²) >= 11 is 0. The second kappa shape index (κ2) is 5.99. The van der Waals surface area contributed by atoms with Crippen molar-refractivity contribution in [1.29, 1.82) is 0 Å². The molecular formula is C16H15N5O3. The van der Waals surface area contributed by atoms with E-state index in [1.54, 1.807) is 29.1 Å². The van der Waals surface area contributed by atoms with E-state index in [9.17, 15) is 14.4 Å². The molecule has 3 rings (SSSR count). The number of aromatic nitrogens is 4. The molecule has 1 aromatic carbocycles. The van der Waals surface area contributed by atoms with E-state index in [-0.39, 0.29) is 11.4 Å². The SMILES string of the molecule is Cc1cnn(-c2cccc(C(=O)Nc3c(C)[nH]c(=O)[nH]c3=O)c2)c1. The number of hydrogen-bond acceptors (Lipinski definition) is 4. The highest BCUT2D eigenvalue weighted by Gasteiger charge is 2.12. The van der Waals surface area contributed by atoms with Gasteiger partial charge in [0, 0.05) is 17.5 Å². The fourth-order valence-electron chi connectivity index (χ4n) is 2.28. The first kappa shape index (κ1) is 15.5. The molecule has 3 N–H and O–H groups in total. The van der Waals surface area contributed by atoms with E-state index in [4.69, 9.17) is 0 Å². The molecule has 2 aromatic heterocycles. The predicted molar refractivity (Wildman–Crippen MR) is 88.7 cm³/mol. The van der Waals surface area contributed by atoms with E-state index in [1.165, 1.54) is 6.92 Å². The lowest BCUT2D eigenvalue weighted by molar-refractivity contribution is 0.102. The Morgan fingerprint density at radius 2 is 2.00 bits per heavy atom. The summed E-state index contributed by atoms with van der Waals surface area (Å²) in [4.78, 5) is 39.9. The van der Waals surface area contributed by atoms with Gasteiger partial charge in [0.1, 0.15) is 5.69 Å². The molecule has 24 heavy (non-hydrogen) atoms. The van der Waals surface area contributed by atoms with E-state index in [1.807, 2.05) is 19.2 Å². The van der Waals surface area contributed by atoms with Crippen molar-refractivity contribution in [3.63, 3.8) is 0 Å². The van der Waals surface area contributed by atoms with E-state index >= 15 is 0 Å². The van der Waals surface area contributed by atoms with Crippen LogP contribution in [0, 0.1) is 13.8 Å². The van der Waals surface area contributed by atoms with Gasteiger partial charge in [0.15, 0.2) is 0 Å². The molecule has 2 heterocycles. The number of anilines is 1. The molecule has 8 nitrogen and oxygen atoms in total. The fraction of sp³-hybridized carbons (Fsp3) is 0.125. The number of rotatable bonds is 3. The van der Waals surface area contributed by atoms with E-state index in [2.05, 4.69) is 20.4 Å². The minimum atomic E-state index is -0.650. The van der Waals surface area contributed by atoms with Crippen LogP contribution in [0.3, 0.4) is 0 Å². The average molecular weight is 325 g/mol. The summed E-state index contributed by atoms with van der Waals surface area (Å²) in [6, 6.07) is 6.84. The number of benzene rings is 1. The smallest absolute Gasteiger partial charge is 0.316 e. The number of nitrogens with one attached hydrogen (secondary N) is 3. The third kappa shape index (κ3) is 3.02. The monoisotopic (exact) mass is 325 g/mol. The van der Waals surface area contributed by atoms with Crippen LogP contribution >= 0.6 is 0 Å². The summed E-state index contributed by atoms with van der Waals surface area (Å²) in [6.45, 7) is 3.46. The number of H-pyrrole nitrogens is 2. The van der Waals surface area contributed by atoms with Crippen molar-refractivity contribution in [3.8, 4) is 5.69 Å². The summed E-state index contributed by atoms with van der Waals surface area (Å²) in [7, 11) is 0. The highest BCUT2D eigenvalue weighted by molar-refractivity contribution is 6.04. The molecule has 0 spiro atoms. The molecule has 3 aromatic rings. The number of aryl methyl sites for hydroxylation is 2. The van der Waals surface area contributed by atoms with Gasteiger partial charge in [-0.25, -0.2) is 9.48 Å². The van der Waals surface area contributed by atoms with E-state index < -0.39 is 17.2 Å². The van der Waals surface area contributed by atoms with Crippen molar-refractivity contribution in [3.05, 3.63) is 74.3 Å². The van der Waals surface area contributed by atoms with E-state index in [0.29, 0.717) is 5.56 Å². The Labute approximate surface area is 136 Å². The molecule has 0 saturated heterocycles. The summed E-state index contributed by atoms with van der Waals surface area (Å²) in [5.41, 5.74) is 1.12. The lowest BCUT2D eigenvalue weighted by Crippen LogP contribution is -2.28. The molecule has 0 aliphatic carbocycles. The number of aromatic amines is 2. The number of nitrogens with zero attached hydrogens (tertiary/aromatic N) is 2. The van der Waals surface area contributed by atoms with Gasteiger partial charge in [-0.05, 0) is 37.6 Å². The van der Waals surface area contributed by atoms with Crippen LogP contribution in [0.25, 0.3) is 5.69 Å². The first-order valence-corrected chi connectivity index (χ1v) is 7.20. The van der Waals surface area contributed by atoms with Crippen molar-refractivity contribution >= 4 is 11.6 Å². The molecule has 0 saturated carbocycles. The average Bonchev–Trinajstić information content (AvgIpc) is 2.97. The van der Waals surface area contributed by atoms with Crippen LogP contribution in [-0.2, 0) is 0 Å². The van der Waals surface area contributed by atoms with Gasteiger partial charge >= 0.3 is 5.69 Å². The molecule has 0 aliphatic heterocycles. The lowest BCUT2D eigenvalue weighted by atomic mass is 10.2. The van der Waals surface area contributed by atoms with E-state index in [0.717, 1.165) is 11.3 Å². The van der Waals surface area contributed by atoms with Crippen LogP contribution in [0.2, 0.25) is 0 Å². The summed E-state index contributed by atoms with van der Waals surface area (Å²) in [5, 5.41) is 6.72. The molecule has 122 valence electrons. The fourth-order valence-corrected chi connectivity index (χ4v) is 2.28. The quantitative estimate of drug-likeness (QED) is 0.669. The minimum Gasteiger partial charge on any atom is -0.316 e. The Morgan fingerprint density at radius 1 is 1.21 bits per heavy atom. The van der Waals surface area contributed by atoms with Gasteiger partial charge in [0.05, 0.1) is 11.9 Å². The van der Waals surface area contributed by atoms with Gasteiger partial charge in [-0.2, -0.15) is 5.10 Å². The zero-order valence-electron chi connectivity index (χ0n) is 13.1. The molecular weight excluding hydrogens is 310 g/mol. The third-order valence-electron chi connectivity index (χ3n) is 3.45. The van der Waals surface area contributed by atoms with Crippen molar-refractivity contribution in [2.45, 2.75) is 13.8 Å². The van der Waals surface area contributed by atoms with Gasteiger partial charge < -0.3 is 10.3 Å². The van der Waals surface area contributed by atoms with Crippen LogP contribution in [-0.4, -0.2) is 25.7 Å². The Hall–Kier alpha value is -3.42. The Bertz CT molecular complexity index is 1030. The maximum absolute atomic E-state index is 12.4. The lowest BCUT2D eigenvalue weighted by Gasteiger charge is -2.08. The maximum atomic E-state index is 12.4. The van der Waals surface area contributed by atoms with Crippen molar-refractivity contribution in [2.75, 3.05) is 5.32 Å². The van der Waals surface area contributed by atoms with Crippen LogP contribution in [0.5, 0.6) is 0 Å². The Balaban J connectivity index is 1.91. The number of hydrogen-bond donors (Lipinski definition) is 3. The molecule has 0 atom stereocenters. The highest BCUT2D eigenvalue weighted by Crippen LogP contribution is 2.13. The van der Waals surface area contributed by atoms with Gasteiger partial charge in [0.25, 0.3) is 11.5 Å². The summed E-state index contributed by atoms with van der Waals surface area (Å²) in [5.74, 6) is -0.457. The van der Waals surface area contributed by atoms with Crippen LogP contribution in [0.4, 0.5) is 5.69 Å².